The fourth-order valence-electron chi connectivity index (χ4n) is 2.17. The molecular weight excluding hydrogens is 276 g/mol. The first-order valence-electron chi connectivity index (χ1n) is 6.10. The van der Waals surface area contributed by atoms with Crippen LogP contribution >= 0.6 is 0 Å². The van der Waals surface area contributed by atoms with E-state index in [2.05, 4.69) is 5.10 Å². The van der Waals surface area contributed by atoms with Gasteiger partial charge in [0.05, 0.1) is 6.54 Å². The average molecular weight is 286 g/mol. The van der Waals surface area contributed by atoms with Gasteiger partial charge >= 0.3 is 5.97 Å². The van der Waals surface area contributed by atoms with Gasteiger partial charge in [-0.05, 0) is 6.07 Å². The van der Waals surface area contributed by atoms with E-state index in [1.165, 1.54) is 0 Å². The summed E-state index contributed by atoms with van der Waals surface area (Å²) in [7, 11) is 0. The van der Waals surface area contributed by atoms with E-state index in [0.717, 1.165) is 16.8 Å². The van der Waals surface area contributed by atoms with Crippen LogP contribution in [0.2, 0.25) is 0 Å². The Balaban J connectivity index is 2.21. The summed E-state index contributed by atoms with van der Waals surface area (Å²) >= 11 is 0. The third-order valence-electron chi connectivity index (χ3n) is 3.10. The molecule has 0 unspecified atom stereocenters. The molecule has 106 valence electrons. The van der Waals surface area contributed by atoms with Crippen LogP contribution in [0.5, 0.6) is 0 Å². The van der Waals surface area contributed by atoms with Crippen LogP contribution in [-0.4, -0.2) is 20.9 Å². The molecule has 0 aliphatic carbocycles. The molecule has 0 fully saturated rings. The Morgan fingerprint density at radius 3 is 2.71 bits per heavy atom. The van der Waals surface area contributed by atoms with Crippen LogP contribution in [0.1, 0.15) is 16.1 Å². The van der Waals surface area contributed by atoms with E-state index < -0.39 is 17.1 Å². The molecule has 7 nitrogen and oxygen atoms in total. The van der Waals surface area contributed by atoms with Gasteiger partial charge in [0.15, 0.2) is 0 Å². The highest BCUT2D eigenvalue weighted by Crippen LogP contribution is 2.26. The summed E-state index contributed by atoms with van der Waals surface area (Å²) in [6.45, 7) is -0.0897. The first-order chi connectivity index (χ1) is 10.1. The lowest BCUT2D eigenvalue weighted by Crippen LogP contribution is -2.28. The number of rotatable bonds is 3. The molecule has 0 bridgehead atoms. The molecule has 21 heavy (non-hydrogen) atoms. The van der Waals surface area contributed by atoms with Gasteiger partial charge in [-0.15, -0.1) is 0 Å². The molecular formula is C14H10N2O5. The maximum absolute atomic E-state index is 11.7. The number of hydrogen-bond acceptors (Lipinski definition) is 4. The minimum atomic E-state index is -1.23. The van der Waals surface area contributed by atoms with Crippen molar-refractivity contribution >= 4 is 16.9 Å². The van der Waals surface area contributed by atoms with Crippen molar-refractivity contribution in [1.82, 2.24) is 9.78 Å². The van der Waals surface area contributed by atoms with E-state index in [9.17, 15) is 19.5 Å². The van der Waals surface area contributed by atoms with Crippen LogP contribution in [0, 0.1) is 0 Å². The maximum atomic E-state index is 11.7. The Hall–Kier alpha value is -3.09. The van der Waals surface area contributed by atoms with E-state index in [4.69, 9.17) is 4.42 Å². The average Bonchev–Trinajstić information content (AvgIpc) is 2.82. The highest BCUT2D eigenvalue weighted by molar-refractivity contribution is 5.95. The summed E-state index contributed by atoms with van der Waals surface area (Å²) in [4.78, 5) is 34.3. The second-order valence-electron chi connectivity index (χ2n) is 4.44. The van der Waals surface area contributed by atoms with E-state index >= 15 is 0 Å². The van der Waals surface area contributed by atoms with Gasteiger partial charge in [-0.2, -0.15) is 0 Å². The molecule has 1 aromatic carbocycles. The second kappa shape index (κ2) is 4.78. The third-order valence-corrected chi connectivity index (χ3v) is 3.10. The van der Waals surface area contributed by atoms with Crippen molar-refractivity contribution in [2.24, 2.45) is 0 Å². The molecule has 0 aliphatic heterocycles. The van der Waals surface area contributed by atoms with Crippen LogP contribution in [0.4, 0.5) is 0 Å². The minimum absolute atomic E-state index is 0.0897. The Morgan fingerprint density at radius 1 is 1.19 bits per heavy atom. The van der Waals surface area contributed by atoms with Gasteiger partial charge in [0.25, 0.3) is 11.1 Å². The number of benzene rings is 1. The van der Waals surface area contributed by atoms with Gasteiger partial charge in [-0.3, -0.25) is 14.7 Å². The van der Waals surface area contributed by atoms with Gasteiger partial charge in [0.2, 0.25) is 5.76 Å². The minimum Gasteiger partial charge on any atom is -0.475 e. The molecule has 0 spiro atoms. The first kappa shape index (κ1) is 12.9. The number of nitrogens with one attached hydrogen (secondary N) is 1. The van der Waals surface area contributed by atoms with E-state index in [-0.39, 0.29) is 12.3 Å². The summed E-state index contributed by atoms with van der Waals surface area (Å²) in [5.74, 6) is -1.47. The number of carbonyl (C=O) groups is 1. The summed E-state index contributed by atoms with van der Waals surface area (Å²) in [6.07, 6.45) is 0. The zero-order valence-electron chi connectivity index (χ0n) is 10.7. The fourth-order valence-corrected chi connectivity index (χ4v) is 2.17. The number of aromatic amines is 1. The lowest BCUT2D eigenvalue weighted by atomic mass is 10.1. The third kappa shape index (κ3) is 2.25. The van der Waals surface area contributed by atoms with Crippen molar-refractivity contribution in [3.05, 3.63) is 68.4 Å². The molecule has 3 rings (SSSR count). The monoisotopic (exact) mass is 286 g/mol. The zero-order chi connectivity index (χ0) is 15.0. The summed E-state index contributed by atoms with van der Waals surface area (Å²) in [5.41, 5.74) is -0.131. The van der Waals surface area contributed by atoms with Crippen molar-refractivity contribution in [2.75, 3.05) is 0 Å². The van der Waals surface area contributed by atoms with Gasteiger partial charge < -0.3 is 9.52 Å². The number of nitrogens with zero attached hydrogens (tertiary/aromatic N) is 1. The number of para-hydroxylation sites is 1. The molecule has 0 atom stereocenters. The Labute approximate surface area is 117 Å². The number of hydrogen-bond donors (Lipinski definition) is 2. The predicted molar refractivity (Wildman–Crippen MR) is 73.6 cm³/mol. The maximum Gasteiger partial charge on any atom is 0.372 e. The van der Waals surface area contributed by atoms with Crippen molar-refractivity contribution in [3.8, 4) is 0 Å². The Kier molecular flexibility index (Phi) is 2.94. The second-order valence-corrected chi connectivity index (χ2v) is 4.44. The predicted octanol–water partition coefficient (Wildman–Crippen LogP) is 1.03. The first-order valence-corrected chi connectivity index (χ1v) is 6.10. The summed E-state index contributed by atoms with van der Waals surface area (Å²) in [5, 5.41) is 12.2. The molecule has 0 radical (unpaired) electrons. The molecule has 7 heteroatoms. The highest BCUT2D eigenvalue weighted by atomic mass is 16.4. The number of H-pyrrole nitrogens is 1. The van der Waals surface area contributed by atoms with E-state index in [0.29, 0.717) is 16.5 Å². The summed E-state index contributed by atoms with van der Waals surface area (Å²) < 4.78 is 6.34. The standard InChI is InChI=1S/C14H10N2O5/c17-11-5-6-12(18)16(15-11)7-9-8-3-1-2-4-10(8)21-13(9)14(19)20/h1-6H,7H2,(H,15,17)(H,19,20). The number of furan rings is 1. The van der Waals surface area contributed by atoms with Crippen molar-refractivity contribution in [2.45, 2.75) is 6.54 Å². The Morgan fingerprint density at radius 2 is 1.95 bits per heavy atom. The molecule has 0 aliphatic rings. The van der Waals surface area contributed by atoms with Crippen molar-refractivity contribution in [3.63, 3.8) is 0 Å². The lowest BCUT2D eigenvalue weighted by molar-refractivity contribution is 0.0663. The van der Waals surface area contributed by atoms with Gasteiger partial charge in [-0.1, -0.05) is 18.2 Å². The molecule has 2 heterocycles. The molecule has 3 aromatic rings. The molecule has 0 amide bonds. The van der Waals surface area contributed by atoms with E-state index in [1.54, 1.807) is 24.3 Å². The number of fused-ring (bicyclic) bond motifs is 1. The molecule has 0 saturated carbocycles. The number of aromatic nitrogens is 2. The SMILES string of the molecule is O=C(O)c1oc2ccccc2c1Cn1[nH]c(=O)ccc1=O. The van der Waals surface area contributed by atoms with Crippen LogP contribution in [0.15, 0.2) is 50.4 Å². The van der Waals surface area contributed by atoms with Gasteiger partial charge in [0.1, 0.15) is 5.58 Å². The number of carboxylic acid groups (broad SMARTS) is 1. The van der Waals surface area contributed by atoms with Crippen molar-refractivity contribution in [1.29, 1.82) is 0 Å². The molecule has 0 saturated heterocycles. The topological polar surface area (TPSA) is 105 Å². The zero-order valence-corrected chi connectivity index (χ0v) is 10.7. The highest BCUT2D eigenvalue weighted by Gasteiger charge is 2.20. The largest absolute Gasteiger partial charge is 0.475 e. The number of aromatic carboxylic acids is 1. The van der Waals surface area contributed by atoms with Crippen LogP contribution in [0.25, 0.3) is 11.0 Å². The lowest BCUT2D eigenvalue weighted by Gasteiger charge is -2.04. The van der Waals surface area contributed by atoms with Gasteiger partial charge in [0, 0.05) is 23.1 Å². The quantitative estimate of drug-likeness (QED) is 0.748. The van der Waals surface area contributed by atoms with Crippen LogP contribution in [-0.2, 0) is 6.54 Å². The van der Waals surface area contributed by atoms with Gasteiger partial charge in [-0.25, -0.2) is 9.48 Å². The normalized spacial score (nSPS) is 10.9. The van der Waals surface area contributed by atoms with Crippen molar-refractivity contribution < 1.29 is 14.3 Å². The molecule has 2 aromatic heterocycles. The molecule has 2 N–H and O–H groups in total. The number of carboxylic acids is 1. The van der Waals surface area contributed by atoms with E-state index in [1.807, 2.05) is 0 Å². The fraction of sp³-hybridized carbons (Fsp3) is 0.0714. The van der Waals surface area contributed by atoms with Crippen LogP contribution < -0.4 is 11.1 Å². The van der Waals surface area contributed by atoms with Crippen LogP contribution in [0.3, 0.4) is 0 Å². The summed E-state index contributed by atoms with van der Waals surface area (Å²) in [6, 6.07) is 9.04. The Bertz CT molecular complexity index is 948. The smallest absolute Gasteiger partial charge is 0.372 e.